The molecule has 0 aromatic carbocycles. The second-order valence-electron chi connectivity index (χ2n) is 4.06. The first-order valence-corrected chi connectivity index (χ1v) is 6.19. The van der Waals surface area contributed by atoms with Crippen LogP contribution in [0.2, 0.25) is 0 Å². The lowest BCUT2D eigenvalue weighted by atomic mass is 10.1. The van der Waals surface area contributed by atoms with Crippen molar-refractivity contribution in [3.05, 3.63) is 40.6 Å². The Morgan fingerprint density at radius 3 is 3.00 bits per heavy atom. The van der Waals surface area contributed by atoms with Crippen LogP contribution in [0.25, 0.3) is 0 Å². The van der Waals surface area contributed by atoms with Crippen LogP contribution in [0, 0.1) is 5.92 Å². The molecule has 1 aromatic rings. The molecule has 16 heavy (non-hydrogen) atoms. The first kappa shape index (κ1) is 11.8. The van der Waals surface area contributed by atoms with Gasteiger partial charge < -0.3 is 10.4 Å². The molecule has 0 spiro atoms. The fourth-order valence-electron chi connectivity index (χ4n) is 1.86. The number of halogens is 1. The quantitative estimate of drug-likeness (QED) is 0.829. The predicted molar refractivity (Wildman–Crippen MR) is 66.9 cm³/mol. The van der Waals surface area contributed by atoms with E-state index in [9.17, 15) is 0 Å². The van der Waals surface area contributed by atoms with Crippen molar-refractivity contribution in [3.63, 3.8) is 0 Å². The molecule has 0 unspecified atom stereocenters. The van der Waals surface area contributed by atoms with Gasteiger partial charge >= 0.3 is 0 Å². The monoisotopic (exact) mass is 282 g/mol. The Bertz CT molecular complexity index is 381. The number of nitrogens with one attached hydrogen (secondary N) is 1. The third-order valence-electron chi connectivity index (χ3n) is 2.74. The highest BCUT2D eigenvalue weighted by Crippen LogP contribution is 2.17. The molecule has 0 saturated carbocycles. The molecular formula is C12H15BrN2O. The van der Waals surface area contributed by atoms with Crippen LogP contribution in [0.5, 0.6) is 0 Å². The molecule has 0 bridgehead atoms. The second-order valence-corrected chi connectivity index (χ2v) is 4.98. The highest BCUT2D eigenvalue weighted by Gasteiger charge is 2.17. The van der Waals surface area contributed by atoms with Crippen molar-refractivity contribution in [3.8, 4) is 0 Å². The Hall–Kier alpha value is -0.710. The Kier molecular flexibility index (Phi) is 4.09. The number of aromatic nitrogens is 1. The number of nitrogens with zero attached hydrogens (tertiary/aromatic N) is 1. The standard InChI is InChI=1S/C12H15BrN2O/c13-11-3-10(5-14-7-11)6-15-12-2-1-9(4-12)8-16/h1-3,5,7,9,12,15-16H,4,6,8H2/t9-,12+/m0/s1. The number of aliphatic hydroxyl groups is 1. The highest BCUT2D eigenvalue weighted by atomic mass is 79.9. The molecule has 0 amide bonds. The van der Waals surface area contributed by atoms with Gasteiger partial charge in [-0.2, -0.15) is 0 Å². The zero-order valence-corrected chi connectivity index (χ0v) is 10.5. The van der Waals surface area contributed by atoms with E-state index in [2.05, 4.69) is 44.4 Å². The van der Waals surface area contributed by atoms with E-state index in [1.165, 1.54) is 0 Å². The Balaban J connectivity index is 1.82. The third-order valence-corrected chi connectivity index (χ3v) is 3.17. The summed E-state index contributed by atoms with van der Waals surface area (Å²) in [5, 5.41) is 12.4. The molecule has 4 heteroatoms. The zero-order chi connectivity index (χ0) is 11.4. The van der Waals surface area contributed by atoms with Crippen LogP contribution in [0.3, 0.4) is 0 Å². The van der Waals surface area contributed by atoms with Gasteiger partial charge in [0, 0.05) is 42.0 Å². The third kappa shape index (κ3) is 3.14. The minimum Gasteiger partial charge on any atom is -0.396 e. The van der Waals surface area contributed by atoms with Gasteiger partial charge in [-0.15, -0.1) is 0 Å². The predicted octanol–water partition coefficient (Wildman–Crippen LogP) is 1.87. The summed E-state index contributed by atoms with van der Waals surface area (Å²) in [6, 6.07) is 2.43. The van der Waals surface area contributed by atoms with Crippen molar-refractivity contribution in [1.29, 1.82) is 0 Å². The van der Waals surface area contributed by atoms with Crippen molar-refractivity contribution in [2.45, 2.75) is 19.0 Å². The van der Waals surface area contributed by atoms with Crippen molar-refractivity contribution in [2.75, 3.05) is 6.61 Å². The summed E-state index contributed by atoms with van der Waals surface area (Å²) in [5.41, 5.74) is 1.16. The Morgan fingerprint density at radius 2 is 2.31 bits per heavy atom. The van der Waals surface area contributed by atoms with Crippen LogP contribution >= 0.6 is 15.9 Å². The van der Waals surface area contributed by atoms with E-state index in [4.69, 9.17) is 5.11 Å². The highest BCUT2D eigenvalue weighted by molar-refractivity contribution is 9.10. The maximum atomic E-state index is 9.01. The summed E-state index contributed by atoms with van der Waals surface area (Å²) in [6.07, 6.45) is 8.84. The van der Waals surface area contributed by atoms with E-state index in [1.54, 1.807) is 6.20 Å². The number of hydrogen-bond donors (Lipinski definition) is 2. The summed E-state index contributed by atoms with van der Waals surface area (Å²) in [5.74, 6) is 0.318. The molecule has 0 saturated heterocycles. The molecule has 1 aliphatic carbocycles. The maximum absolute atomic E-state index is 9.01. The van der Waals surface area contributed by atoms with Crippen LogP contribution in [-0.4, -0.2) is 22.7 Å². The van der Waals surface area contributed by atoms with Gasteiger partial charge in [-0.3, -0.25) is 4.98 Å². The molecular weight excluding hydrogens is 268 g/mol. The topological polar surface area (TPSA) is 45.1 Å². The molecule has 3 nitrogen and oxygen atoms in total. The number of hydrogen-bond acceptors (Lipinski definition) is 3. The van der Waals surface area contributed by atoms with Gasteiger partial charge in [-0.25, -0.2) is 0 Å². The Morgan fingerprint density at radius 1 is 1.44 bits per heavy atom. The summed E-state index contributed by atoms with van der Waals surface area (Å²) in [7, 11) is 0. The van der Waals surface area contributed by atoms with Crippen molar-refractivity contribution in [1.82, 2.24) is 10.3 Å². The maximum Gasteiger partial charge on any atom is 0.0494 e. The van der Waals surface area contributed by atoms with Crippen LogP contribution in [0.4, 0.5) is 0 Å². The van der Waals surface area contributed by atoms with Gasteiger partial charge in [0.1, 0.15) is 0 Å². The van der Waals surface area contributed by atoms with Gasteiger partial charge in [0.15, 0.2) is 0 Å². The summed E-state index contributed by atoms with van der Waals surface area (Å²) >= 11 is 3.40. The fourth-order valence-corrected chi connectivity index (χ4v) is 2.28. The summed E-state index contributed by atoms with van der Waals surface area (Å²) in [6.45, 7) is 1.05. The van der Waals surface area contributed by atoms with Crippen LogP contribution in [-0.2, 0) is 6.54 Å². The molecule has 1 aromatic heterocycles. The van der Waals surface area contributed by atoms with E-state index in [0.29, 0.717) is 12.0 Å². The van der Waals surface area contributed by atoms with E-state index in [0.717, 1.165) is 23.0 Å². The normalized spacial score (nSPS) is 23.9. The molecule has 86 valence electrons. The first-order chi connectivity index (χ1) is 7.78. The SMILES string of the molecule is OC[C@H]1C=C[C@@H](NCc2cncc(Br)c2)C1. The minimum absolute atomic E-state index is 0.243. The number of aliphatic hydroxyl groups excluding tert-OH is 1. The van der Waals surface area contributed by atoms with Gasteiger partial charge in [0.2, 0.25) is 0 Å². The molecule has 0 radical (unpaired) electrons. The smallest absolute Gasteiger partial charge is 0.0494 e. The molecule has 0 fully saturated rings. The summed E-state index contributed by atoms with van der Waals surface area (Å²) in [4.78, 5) is 4.12. The molecule has 2 rings (SSSR count). The average molecular weight is 283 g/mol. The molecule has 2 N–H and O–H groups in total. The van der Waals surface area contributed by atoms with Crippen molar-refractivity contribution < 1.29 is 5.11 Å². The van der Waals surface area contributed by atoms with Gasteiger partial charge in [0.25, 0.3) is 0 Å². The zero-order valence-electron chi connectivity index (χ0n) is 8.94. The van der Waals surface area contributed by atoms with E-state index >= 15 is 0 Å². The van der Waals surface area contributed by atoms with Gasteiger partial charge in [-0.05, 0) is 34.0 Å². The number of rotatable bonds is 4. The average Bonchev–Trinajstić information content (AvgIpc) is 2.74. The molecule has 0 aliphatic heterocycles. The lowest BCUT2D eigenvalue weighted by Gasteiger charge is -2.12. The summed E-state index contributed by atoms with van der Waals surface area (Å²) < 4.78 is 1.00. The molecule has 1 aliphatic rings. The van der Waals surface area contributed by atoms with Gasteiger partial charge in [-0.1, -0.05) is 12.2 Å². The fraction of sp³-hybridized carbons (Fsp3) is 0.417. The van der Waals surface area contributed by atoms with Crippen LogP contribution in [0.1, 0.15) is 12.0 Å². The molecule has 1 heterocycles. The van der Waals surface area contributed by atoms with E-state index < -0.39 is 0 Å². The first-order valence-electron chi connectivity index (χ1n) is 5.40. The van der Waals surface area contributed by atoms with E-state index in [-0.39, 0.29) is 6.61 Å². The second kappa shape index (κ2) is 5.57. The lowest BCUT2D eigenvalue weighted by molar-refractivity contribution is 0.246. The van der Waals surface area contributed by atoms with E-state index in [1.807, 2.05) is 6.20 Å². The van der Waals surface area contributed by atoms with Gasteiger partial charge in [0.05, 0.1) is 0 Å². The van der Waals surface area contributed by atoms with Crippen LogP contribution < -0.4 is 5.32 Å². The largest absolute Gasteiger partial charge is 0.396 e. The van der Waals surface area contributed by atoms with Crippen molar-refractivity contribution in [2.24, 2.45) is 5.92 Å². The number of pyridine rings is 1. The molecule has 2 atom stereocenters. The van der Waals surface area contributed by atoms with Crippen LogP contribution in [0.15, 0.2) is 35.1 Å². The Labute approximate surface area is 104 Å². The van der Waals surface area contributed by atoms with Crippen molar-refractivity contribution >= 4 is 15.9 Å². The lowest BCUT2D eigenvalue weighted by Crippen LogP contribution is -2.26. The minimum atomic E-state index is 0.243.